The average Bonchev–Trinajstić information content (AvgIpc) is 3.25. The van der Waals surface area contributed by atoms with Crippen molar-refractivity contribution in [2.45, 2.75) is 25.3 Å². The standard InChI is InChI=1S/C23H29N5O4/c1-14-18(11-27(4)25-14)21(30)28-12-19(22(31)26(2)3)23(13-28)9-8-15-6-7-16(32-5)10-17(15)20(29)24-23/h6-7,10-11,19H,8-9,12-13H2,1-5H3,(H,24,29)/t19-,23+/m0/s1. The van der Waals surface area contributed by atoms with Crippen molar-refractivity contribution < 1.29 is 19.1 Å². The fraction of sp³-hybridized carbons (Fsp3) is 0.478. The molecular weight excluding hydrogens is 410 g/mol. The number of rotatable bonds is 3. The number of ether oxygens (including phenoxy) is 1. The SMILES string of the molecule is COc1ccc2c(c1)C(=O)N[C@]1(CC2)CN(C(=O)c2cn(C)nc2C)C[C@H]1C(=O)N(C)C. The van der Waals surface area contributed by atoms with Gasteiger partial charge in [-0.1, -0.05) is 6.07 Å². The quantitative estimate of drug-likeness (QED) is 0.770. The van der Waals surface area contributed by atoms with Crippen molar-refractivity contribution in [2.75, 3.05) is 34.3 Å². The summed E-state index contributed by atoms with van der Waals surface area (Å²) in [6, 6.07) is 5.46. The molecule has 9 nitrogen and oxygen atoms in total. The predicted octanol–water partition coefficient (Wildman–Crippen LogP) is 1.01. The van der Waals surface area contributed by atoms with E-state index in [1.165, 1.54) is 4.90 Å². The number of aromatic nitrogens is 2. The second-order valence-corrected chi connectivity index (χ2v) is 8.91. The lowest BCUT2D eigenvalue weighted by atomic mass is 9.81. The van der Waals surface area contributed by atoms with Crippen molar-refractivity contribution in [3.63, 3.8) is 0 Å². The first-order valence-corrected chi connectivity index (χ1v) is 10.7. The van der Waals surface area contributed by atoms with Crippen molar-refractivity contribution in [2.24, 2.45) is 13.0 Å². The van der Waals surface area contributed by atoms with Gasteiger partial charge in [-0.2, -0.15) is 5.10 Å². The lowest BCUT2D eigenvalue weighted by Gasteiger charge is -2.34. The summed E-state index contributed by atoms with van der Waals surface area (Å²) in [6.45, 7) is 2.30. The molecule has 0 saturated carbocycles. The van der Waals surface area contributed by atoms with E-state index in [4.69, 9.17) is 4.74 Å². The van der Waals surface area contributed by atoms with Crippen LogP contribution in [0.2, 0.25) is 0 Å². The van der Waals surface area contributed by atoms with Crippen LogP contribution >= 0.6 is 0 Å². The highest BCUT2D eigenvalue weighted by Gasteiger charge is 2.53. The van der Waals surface area contributed by atoms with Gasteiger partial charge in [0.25, 0.3) is 11.8 Å². The molecule has 0 radical (unpaired) electrons. The van der Waals surface area contributed by atoms with Crippen LogP contribution in [0.1, 0.15) is 38.4 Å². The van der Waals surface area contributed by atoms with E-state index < -0.39 is 11.5 Å². The second kappa shape index (κ2) is 7.96. The Morgan fingerprint density at radius 2 is 2.06 bits per heavy atom. The summed E-state index contributed by atoms with van der Waals surface area (Å²) in [4.78, 5) is 43.0. The smallest absolute Gasteiger partial charge is 0.257 e. The van der Waals surface area contributed by atoms with Gasteiger partial charge in [-0.25, -0.2) is 0 Å². The first kappa shape index (κ1) is 21.9. The molecular formula is C23H29N5O4. The van der Waals surface area contributed by atoms with E-state index in [1.807, 2.05) is 12.1 Å². The molecule has 32 heavy (non-hydrogen) atoms. The maximum atomic E-state index is 13.3. The van der Waals surface area contributed by atoms with Gasteiger partial charge in [0.15, 0.2) is 0 Å². The van der Waals surface area contributed by atoms with Crippen LogP contribution < -0.4 is 10.1 Å². The molecule has 170 valence electrons. The topological polar surface area (TPSA) is 96.8 Å². The van der Waals surface area contributed by atoms with E-state index in [-0.39, 0.29) is 30.8 Å². The Bertz CT molecular complexity index is 1090. The van der Waals surface area contributed by atoms with E-state index >= 15 is 0 Å². The summed E-state index contributed by atoms with van der Waals surface area (Å²) < 4.78 is 6.89. The molecule has 2 atom stereocenters. The largest absolute Gasteiger partial charge is 0.497 e. The van der Waals surface area contributed by atoms with E-state index in [0.29, 0.717) is 35.4 Å². The number of benzene rings is 1. The van der Waals surface area contributed by atoms with Crippen molar-refractivity contribution >= 4 is 17.7 Å². The van der Waals surface area contributed by atoms with E-state index in [9.17, 15) is 14.4 Å². The molecule has 0 aliphatic carbocycles. The van der Waals surface area contributed by atoms with E-state index in [0.717, 1.165) is 5.56 Å². The van der Waals surface area contributed by atoms with Crippen molar-refractivity contribution in [3.05, 3.63) is 46.8 Å². The molecule has 3 amide bonds. The van der Waals surface area contributed by atoms with Crippen LogP contribution in [-0.4, -0.2) is 77.1 Å². The minimum atomic E-state index is -0.851. The van der Waals surface area contributed by atoms with Crippen LogP contribution in [-0.2, 0) is 18.3 Å². The number of fused-ring (bicyclic) bond motifs is 1. The van der Waals surface area contributed by atoms with Crippen LogP contribution in [0, 0.1) is 12.8 Å². The number of amides is 3. The molecule has 2 aromatic rings. The molecule has 1 fully saturated rings. The summed E-state index contributed by atoms with van der Waals surface area (Å²) in [5.41, 5.74) is 1.75. The van der Waals surface area contributed by atoms with Gasteiger partial charge in [-0.3, -0.25) is 19.1 Å². The number of methoxy groups -OCH3 is 1. The Kier molecular flexibility index (Phi) is 5.44. The van der Waals surface area contributed by atoms with Gasteiger partial charge >= 0.3 is 0 Å². The second-order valence-electron chi connectivity index (χ2n) is 8.91. The zero-order valence-electron chi connectivity index (χ0n) is 19.1. The Balaban J connectivity index is 1.70. The molecule has 0 bridgehead atoms. The number of aryl methyl sites for hydroxylation is 3. The summed E-state index contributed by atoms with van der Waals surface area (Å²) in [7, 11) is 6.73. The van der Waals surface area contributed by atoms with Crippen LogP contribution in [0.4, 0.5) is 0 Å². The van der Waals surface area contributed by atoms with Gasteiger partial charge < -0.3 is 19.9 Å². The maximum Gasteiger partial charge on any atom is 0.257 e. The molecule has 9 heteroatoms. The minimum absolute atomic E-state index is 0.105. The number of nitrogens with one attached hydrogen (secondary N) is 1. The predicted molar refractivity (Wildman–Crippen MR) is 118 cm³/mol. The number of carbonyl (C=O) groups is 3. The Labute approximate surface area is 187 Å². The molecule has 2 aliphatic heterocycles. The summed E-state index contributed by atoms with van der Waals surface area (Å²) in [5.74, 6) is -0.474. The van der Waals surface area contributed by atoms with Crippen molar-refractivity contribution in [1.29, 1.82) is 0 Å². The van der Waals surface area contributed by atoms with Crippen LogP contribution in [0.15, 0.2) is 24.4 Å². The van der Waals surface area contributed by atoms with E-state index in [2.05, 4.69) is 10.4 Å². The highest BCUT2D eigenvalue weighted by atomic mass is 16.5. The number of hydrogen-bond acceptors (Lipinski definition) is 5. The third-order valence-corrected chi connectivity index (χ3v) is 6.58. The lowest BCUT2D eigenvalue weighted by Crippen LogP contribution is -2.57. The molecule has 4 rings (SSSR count). The molecule has 1 spiro atoms. The van der Waals surface area contributed by atoms with Crippen LogP contribution in [0.3, 0.4) is 0 Å². The normalized spacial score (nSPS) is 22.3. The van der Waals surface area contributed by atoms with Gasteiger partial charge in [0.1, 0.15) is 5.75 Å². The molecule has 1 aromatic carbocycles. The Morgan fingerprint density at radius 3 is 2.69 bits per heavy atom. The number of hydrogen-bond donors (Lipinski definition) is 1. The highest BCUT2D eigenvalue weighted by Crippen LogP contribution is 2.37. The highest BCUT2D eigenvalue weighted by molar-refractivity contribution is 5.99. The minimum Gasteiger partial charge on any atom is -0.497 e. The maximum absolute atomic E-state index is 13.3. The monoisotopic (exact) mass is 439 g/mol. The van der Waals surface area contributed by atoms with E-state index in [1.54, 1.807) is 57.0 Å². The molecule has 0 unspecified atom stereocenters. The Hall–Kier alpha value is -3.36. The van der Waals surface area contributed by atoms with Gasteiger partial charge in [-0.15, -0.1) is 0 Å². The van der Waals surface area contributed by atoms with Crippen LogP contribution in [0.25, 0.3) is 0 Å². The van der Waals surface area contributed by atoms with Gasteiger partial charge in [-0.05, 0) is 37.5 Å². The Morgan fingerprint density at radius 1 is 1.31 bits per heavy atom. The zero-order chi connectivity index (χ0) is 23.2. The third-order valence-electron chi connectivity index (χ3n) is 6.58. The summed E-state index contributed by atoms with van der Waals surface area (Å²) >= 11 is 0. The fourth-order valence-electron chi connectivity index (χ4n) is 4.88. The molecule has 1 N–H and O–H groups in total. The molecule has 2 aliphatic rings. The number of nitrogens with zero attached hydrogens (tertiary/aromatic N) is 4. The average molecular weight is 440 g/mol. The lowest BCUT2D eigenvalue weighted by molar-refractivity contribution is -0.134. The van der Waals surface area contributed by atoms with Gasteiger partial charge in [0, 0.05) is 46.0 Å². The van der Waals surface area contributed by atoms with Crippen LogP contribution in [0.5, 0.6) is 5.75 Å². The van der Waals surface area contributed by atoms with Crippen molar-refractivity contribution in [1.82, 2.24) is 24.9 Å². The molecule has 1 aromatic heterocycles. The fourth-order valence-corrected chi connectivity index (χ4v) is 4.88. The third kappa shape index (κ3) is 3.61. The van der Waals surface area contributed by atoms with Gasteiger partial charge in [0.05, 0.1) is 29.8 Å². The summed E-state index contributed by atoms with van der Waals surface area (Å²) in [5, 5.41) is 7.42. The zero-order valence-corrected chi connectivity index (χ0v) is 19.1. The first-order chi connectivity index (χ1) is 15.1. The number of likely N-dealkylation sites (tertiary alicyclic amines) is 1. The van der Waals surface area contributed by atoms with Gasteiger partial charge in [0.2, 0.25) is 5.91 Å². The summed E-state index contributed by atoms with van der Waals surface area (Å²) in [6.07, 6.45) is 2.86. The first-order valence-electron chi connectivity index (χ1n) is 10.7. The molecule has 1 saturated heterocycles. The number of carbonyl (C=O) groups excluding carboxylic acids is 3. The molecule has 3 heterocycles. The van der Waals surface area contributed by atoms with Crippen molar-refractivity contribution in [3.8, 4) is 5.75 Å².